The maximum absolute atomic E-state index is 11.6. The first kappa shape index (κ1) is 11.6. The van der Waals surface area contributed by atoms with Gasteiger partial charge in [0.25, 0.3) is 10.2 Å². The summed E-state index contributed by atoms with van der Waals surface area (Å²) in [5.41, 5.74) is 0. The molecular formula is C8H16N2O3S. The molecule has 1 aliphatic heterocycles. The quantitative estimate of drug-likeness (QED) is 0.722. The Morgan fingerprint density at radius 1 is 1.29 bits per heavy atom. The maximum atomic E-state index is 11.6. The van der Waals surface area contributed by atoms with Crippen LogP contribution in [-0.4, -0.2) is 37.6 Å². The number of piperidine rings is 1. The largest absolute Gasteiger partial charge is 0.300 e. The lowest BCUT2D eigenvalue weighted by Crippen LogP contribution is -2.47. The van der Waals surface area contributed by atoms with Crippen molar-refractivity contribution in [2.45, 2.75) is 32.7 Å². The fourth-order valence-corrected chi connectivity index (χ4v) is 2.76. The number of ketones is 1. The second-order valence-corrected chi connectivity index (χ2v) is 5.42. The Morgan fingerprint density at radius 2 is 1.79 bits per heavy atom. The predicted octanol–water partition coefficient (Wildman–Crippen LogP) is -0.106. The van der Waals surface area contributed by atoms with E-state index in [0.29, 0.717) is 25.9 Å². The van der Waals surface area contributed by atoms with Crippen LogP contribution in [0.5, 0.6) is 0 Å². The third-order valence-corrected chi connectivity index (χ3v) is 3.82. The average Bonchev–Trinajstić information content (AvgIpc) is 2.02. The van der Waals surface area contributed by atoms with Gasteiger partial charge in [0.1, 0.15) is 5.78 Å². The van der Waals surface area contributed by atoms with E-state index < -0.39 is 10.2 Å². The summed E-state index contributed by atoms with van der Waals surface area (Å²) >= 11 is 0. The van der Waals surface area contributed by atoms with E-state index in [0.717, 1.165) is 0 Å². The summed E-state index contributed by atoms with van der Waals surface area (Å²) in [6, 6.07) is -0.113. The molecule has 1 heterocycles. The number of rotatable bonds is 3. The summed E-state index contributed by atoms with van der Waals surface area (Å²) in [4.78, 5) is 10.9. The van der Waals surface area contributed by atoms with Crippen LogP contribution < -0.4 is 4.72 Å². The minimum absolute atomic E-state index is 0.113. The highest BCUT2D eigenvalue weighted by atomic mass is 32.2. The van der Waals surface area contributed by atoms with Crippen LogP contribution in [0, 0.1) is 0 Å². The number of hydrogen-bond donors (Lipinski definition) is 1. The van der Waals surface area contributed by atoms with Crippen LogP contribution in [0.4, 0.5) is 0 Å². The topological polar surface area (TPSA) is 66.5 Å². The highest BCUT2D eigenvalue weighted by Crippen LogP contribution is 2.09. The number of hydrogen-bond acceptors (Lipinski definition) is 3. The van der Waals surface area contributed by atoms with Crippen molar-refractivity contribution in [3.8, 4) is 0 Å². The van der Waals surface area contributed by atoms with Crippen molar-refractivity contribution in [1.29, 1.82) is 0 Å². The molecule has 0 saturated carbocycles. The van der Waals surface area contributed by atoms with Gasteiger partial charge in [-0.15, -0.1) is 0 Å². The third kappa shape index (κ3) is 3.04. The lowest BCUT2D eigenvalue weighted by atomic mass is 10.1. The molecule has 0 amide bonds. The van der Waals surface area contributed by atoms with Crippen LogP contribution in [0.15, 0.2) is 0 Å². The van der Waals surface area contributed by atoms with Crippen molar-refractivity contribution in [1.82, 2.24) is 9.03 Å². The van der Waals surface area contributed by atoms with Crippen LogP contribution in [0.25, 0.3) is 0 Å². The van der Waals surface area contributed by atoms with Crippen LogP contribution in [-0.2, 0) is 15.0 Å². The van der Waals surface area contributed by atoms with E-state index in [1.807, 2.05) is 0 Å². The minimum atomic E-state index is -3.37. The van der Waals surface area contributed by atoms with Gasteiger partial charge in [0.05, 0.1) is 0 Å². The molecule has 1 saturated heterocycles. The van der Waals surface area contributed by atoms with E-state index in [2.05, 4.69) is 4.72 Å². The Labute approximate surface area is 84.7 Å². The molecule has 0 spiro atoms. The van der Waals surface area contributed by atoms with E-state index in [1.54, 1.807) is 13.8 Å². The molecular weight excluding hydrogens is 204 g/mol. The Kier molecular flexibility index (Phi) is 3.63. The Morgan fingerprint density at radius 3 is 2.21 bits per heavy atom. The molecule has 0 aromatic rings. The van der Waals surface area contributed by atoms with Gasteiger partial charge < -0.3 is 0 Å². The standard InChI is InChI=1S/C8H16N2O3S/c1-7(2)9-14(12,13)10-5-3-8(11)4-6-10/h7,9H,3-6H2,1-2H3. The zero-order chi connectivity index (χ0) is 10.8. The summed E-state index contributed by atoms with van der Waals surface area (Å²) in [5.74, 6) is 0.140. The minimum Gasteiger partial charge on any atom is -0.300 e. The summed E-state index contributed by atoms with van der Waals surface area (Å²) < 4.78 is 27.0. The first-order valence-electron chi connectivity index (χ1n) is 4.71. The van der Waals surface area contributed by atoms with Crippen molar-refractivity contribution in [2.75, 3.05) is 13.1 Å². The molecule has 1 aliphatic rings. The summed E-state index contributed by atoms with van der Waals surface area (Å²) in [6.07, 6.45) is 0.665. The van der Waals surface area contributed by atoms with Gasteiger partial charge in [-0.05, 0) is 13.8 Å². The van der Waals surface area contributed by atoms with E-state index in [1.165, 1.54) is 4.31 Å². The zero-order valence-corrected chi connectivity index (χ0v) is 9.30. The number of carbonyl (C=O) groups excluding carboxylic acids is 1. The summed E-state index contributed by atoms with van der Waals surface area (Å²) in [7, 11) is -3.37. The number of Topliss-reactive ketones (excluding diaryl/α,β-unsaturated/α-hetero) is 1. The number of nitrogens with zero attached hydrogens (tertiary/aromatic N) is 1. The van der Waals surface area contributed by atoms with Gasteiger partial charge in [-0.3, -0.25) is 4.79 Å². The molecule has 1 fully saturated rings. The van der Waals surface area contributed by atoms with Gasteiger partial charge in [-0.25, -0.2) is 0 Å². The summed E-state index contributed by atoms with van der Waals surface area (Å²) in [5, 5.41) is 0. The highest BCUT2D eigenvalue weighted by molar-refractivity contribution is 7.87. The van der Waals surface area contributed by atoms with Crippen molar-refractivity contribution < 1.29 is 13.2 Å². The van der Waals surface area contributed by atoms with Gasteiger partial charge in [-0.1, -0.05) is 0 Å². The predicted molar refractivity (Wildman–Crippen MR) is 53.0 cm³/mol. The molecule has 82 valence electrons. The fourth-order valence-electron chi connectivity index (χ4n) is 1.35. The molecule has 0 unspecified atom stereocenters. The van der Waals surface area contributed by atoms with Gasteiger partial charge in [0.2, 0.25) is 0 Å². The van der Waals surface area contributed by atoms with Gasteiger partial charge in [0, 0.05) is 32.0 Å². The average molecular weight is 220 g/mol. The van der Waals surface area contributed by atoms with Crippen molar-refractivity contribution in [3.63, 3.8) is 0 Å². The Hall–Kier alpha value is -0.460. The summed E-state index contributed by atoms with van der Waals surface area (Å²) in [6.45, 7) is 4.15. The number of carbonyl (C=O) groups is 1. The maximum Gasteiger partial charge on any atom is 0.279 e. The normalized spacial score (nSPS) is 20.4. The van der Waals surface area contributed by atoms with Crippen molar-refractivity contribution in [2.24, 2.45) is 0 Å². The molecule has 1 rings (SSSR count). The fraction of sp³-hybridized carbons (Fsp3) is 0.875. The van der Waals surface area contributed by atoms with Gasteiger partial charge >= 0.3 is 0 Å². The first-order valence-corrected chi connectivity index (χ1v) is 6.15. The van der Waals surface area contributed by atoms with E-state index in [4.69, 9.17) is 0 Å². The van der Waals surface area contributed by atoms with Crippen LogP contribution in [0.1, 0.15) is 26.7 Å². The van der Waals surface area contributed by atoms with Gasteiger partial charge in [-0.2, -0.15) is 17.4 Å². The SMILES string of the molecule is CC(C)NS(=O)(=O)N1CCC(=O)CC1. The number of nitrogens with one attached hydrogen (secondary N) is 1. The third-order valence-electron chi connectivity index (χ3n) is 2.00. The molecule has 0 radical (unpaired) electrons. The molecule has 14 heavy (non-hydrogen) atoms. The highest BCUT2D eigenvalue weighted by Gasteiger charge is 2.26. The van der Waals surface area contributed by atoms with E-state index in [-0.39, 0.29) is 11.8 Å². The van der Waals surface area contributed by atoms with Crippen molar-refractivity contribution >= 4 is 16.0 Å². The monoisotopic (exact) mass is 220 g/mol. The first-order chi connectivity index (χ1) is 6.42. The van der Waals surface area contributed by atoms with Crippen LogP contribution in [0.3, 0.4) is 0 Å². The van der Waals surface area contributed by atoms with Crippen LogP contribution >= 0.6 is 0 Å². The zero-order valence-electron chi connectivity index (χ0n) is 8.49. The van der Waals surface area contributed by atoms with Gasteiger partial charge in [0.15, 0.2) is 0 Å². The molecule has 0 aromatic carbocycles. The molecule has 0 aliphatic carbocycles. The van der Waals surface area contributed by atoms with E-state index >= 15 is 0 Å². The second kappa shape index (κ2) is 4.37. The second-order valence-electron chi connectivity index (χ2n) is 3.72. The lowest BCUT2D eigenvalue weighted by Gasteiger charge is -2.26. The molecule has 0 bridgehead atoms. The molecule has 6 heteroatoms. The molecule has 5 nitrogen and oxygen atoms in total. The van der Waals surface area contributed by atoms with E-state index in [9.17, 15) is 13.2 Å². The lowest BCUT2D eigenvalue weighted by molar-refractivity contribution is -0.120. The smallest absolute Gasteiger partial charge is 0.279 e. The molecule has 1 N–H and O–H groups in total. The van der Waals surface area contributed by atoms with Crippen molar-refractivity contribution in [3.05, 3.63) is 0 Å². The molecule has 0 atom stereocenters. The molecule has 0 aromatic heterocycles. The Balaban J connectivity index is 2.60. The Bertz CT molecular complexity index is 301. The van der Waals surface area contributed by atoms with Crippen LogP contribution in [0.2, 0.25) is 0 Å².